The molecule has 0 aromatic carbocycles. The molecule has 1 rings (SSSR count). The van der Waals surface area contributed by atoms with Gasteiger partial charge in [0.25, 0.3) is 0 Å². The van der Waals surface area contributed by atoms with E-state index in [0.717, 1.165) is 0 Å². The zero-order valence-corrected chi connectivity index (χ0v) is 10.3. The van der Waals surface area contributed by atoms with E-state index in [1.165, 1.54) is 70.9 Å². The van der Waals surface area contributed by atoms with Crippen LogP contribution in [0.5, 0.6) is 0 Å². The summed E-state index contributed by atoms with van der Waals surface area (Å²) in [5.74, 6) is 0. The van der Waals surface area contributed by atoms with Crippen LogP contribution in [0.25, 0.3) is 0 Å². The number of rotatable bonds is 6. The largest absolute Gasteiger partial charge is 0.317 e. The van der Waals surface area contributed by atoms with Gasteiger partial charge >= 0.3 is 0 Å². The highest BCUT2D eigenvalue weighted by molar-refractivity contribution is 4.55. The second kappa shape index (κ2) is 13.0. The first kappa shape index (κ1) is 14.0. The Kier molecular flexibility index (Phi) is 12.9. The lowest BCUT2D eigenvalue weighted by Gasteiger charge is -1.96. The average molecular weight is 199 g/mol. The van der Waals surface area contributed by atoms with Gasteiger partial charge < -0.3 is 5.32 Å². The first-order valence-corrected chi connectivity index (χ1v) is 6.62. The Morgan fingerprint density at radius 1 is 0.714 bits per heavy atom. The van der Waals surface area contributed by atoms with Gasteiger partial charge in [-0.25, -0.2) is 0 Å². The van der Waals surface area contributed by atoms with Gasteiger partial charge in [-0.15, -0.1) is 0 Å². The van der Waals surface area contributed by atoms with Gasteiger partial charge in [-0.05, 0) is 25.9 Å². The molecule has 1 aliphatic heterocycles. The van der Waals surface area contributed by atoms with Gasteiger partial charge in [0, 0.05) is 0 Å². The summed E-state index contributed by atoms with van der Waals surface area (Å²) in [5.41, 5.74) is 0. The van der Waals surface area contributed by atoms with Crippen LogP contribution in [0.1, 0.15) is 71.6 Å². The first-order valence-electron chi connectivity index (χ1n) is 6.62. The van der Waals surface area contributed by atoms with E-state index in [9.17, 15) is 0 Å². The molecule has 0 spiro atoms. The SMILES string of the molecule is C1CCNC1.CCCCCCCCC. The van der Waals surface area contributed by atoms with Crippen LogP contribution in [0.4, 0.5) is 0 Å². The minimum atomic E-state index is 1.25. The molecule has 0 atom stereocenters. The highest BCUT2D eigenvalue weighted by Crippen LogP contribution is 2.05. The fourth-order valence-corrected chi connectivity index (χ4v) is 1.66. The van der Waals surface area contributed by atoms with E-state index in [4.69, 9.17) is 0 Å². The monoisotopic (exact) mass is 199 g/mol. The van der Waals surface area contributed by atoms with Crippen molar-refractivity contribution in [3.05, 3.63) is 0 Å². The van der Waals surface area contributed by atoms with Crippen LogP contribution in [0.15, 0.2) is 0 Å². The summed E-state index contributed by atoms with van der Waals surface area (Å²) in [6.07, 6.45) is 12.8. The molecule has 0 saturated carbocycles. The van der Waals surface area contributed by atoms with Crippen LogP contribution in [0.3, 0.4) is 0 Å². The second-order valence-corrected chi connectivity index (χ2v) is 4.22. The highest BCUT2D eigenvalue weighted by Gasteiger charge is 1.93. The summed E-state index contributed by atoms with van der Waals surface area (Å²) in [6, 6.07) is 0. The van der Waals surface area contributed by atoms with Crippen LogP contribution >= 0.6 is 0 Å². The number of unbranched alkanes of at least 4 members (excludes halogenated alkanes) is 6. The summed E-state index contributed by atoms with van der Waals surface area (Å²) in [5, 5.41) is 3.22. The summed E-state index contributed by atoms with van der Waals surface area (Å²) < 4.78 is 0. The van der Waals surface area contributed by atoms with Crippen LogP contribution in [0.2, 0.25) is 0 Å². The van der Waals surface area contributed by atoms with Crippen LogP contribution in [-0.4, -0.2) is 13.1 Å². The molecule has 1 saturated heterocycles. The lowest BCUT2D eigenvalue weighted by molar-refractivity contribution is 0.602. The van der Waals surface area contributed by atoms with E-state index in [1.807, 2.05) is 0 Å². The van der Waals surface area contributed by atoms with E-state index in [2.05, 4.69) is 19.2 Å². The predicted octanol–water partition coefficient (Wildman–Crippen LogP) is 4.13. The van der Waals surface area contributed by atoms with Gasteiger partial charge in [0.1, 0.15) is 0 Å². The maximum absolute atomic E-state index is 3.22. The summed E-state index contributed by atoms with van der Waals surface area (Å²) in [6.45, 7) is 7.03. The molecule has 14 heavy (non-hydrogen) atoms. The number of hydrogen-bond acceptors (Lipinski definition) is 1. The van der Waals surface area contributed by atoms with E-state index in [-0.39, 0.29) is 0 Å². The van der Waals surface area contributed by atoms with Gasteiger partial charge in [0.15, 0.2) is 0 Å². The van der Waals surface area contributed by atoms with Crippen molar-refractivity contribution in [2.75, 3.05) is 13.1 Å². The zero-order valence-electron chi connectivity index (χ0n) is 10.3. The fraction of sp³-hybridized carbons (Fsp3) is 1.00. The Morgan fingerprint density at radius 3 is 1.43 bits per heavy atom. The minimum Gasteiger partial charge on any atom is -0.317 e. The van der Waals surface area contributed by atoms with E-state index in [1.54, 1.807) is 0 Å². The third-order valence-corrected chi connectivity index (χ3v) is 2.66. The maximum Gasteiger partial charge on any atom is -0.00484 e. The van der Waals surface area contributed by atoms with Gasteiger partial charge in [0.2, 0.25) is 0 Å². The third kappa shape index (κ3) is 12.0. The molecular formula is C13H29N. The highest BCUT2D eigenvalue weighted by atomic mass is 14.9. The average Bonchev–Trinajstić information content (AvgIpc) is 2.76. The van der Waals surface area contributed by atoms with Gasteiger partial charge in [-0.1, -0.05) is 58.8 Å². The first-order chi connectivity index (χ1) is 6.91. The Balaban J connectivity index is 0.000000280. The Bertz CT molecular complexity index is 73.6. The molecule has 1 heterocycles. The molecule has 0 aliphatic carbocycles. The molecule has 1 aliphatic rings. The van der Waals surface area contributed by atoms with Crippen molar-refractivity contribution in [2.24, 2.45) is 0 Å². The molecule has 0 aromatic rings. The van der Waals surface area contributed by atoms with Crippen molar-refractivity contribution in [3.8, 4) is 0 Å². The van der Waals surface area contributed by atoms with Crippen molar-refractivity contribution >= 4 is 0 Å². The molecule has 0 unspecified atom stereocenters. The summed E-state index contributed by atoms with van der Waals surface area (Å²) >= 11 is 0. The second-order valence-electron chi connectivity index (χ2n) is 4.22. The van der Waals surface area contributed by atoms with E-state index in [0.29, 0.717) is 0 Å². The maximum atomic E-state index is 3.22. The lowest BCUT2D eigenvalue weighted by Crippen LogP contribution is -2.03. The molecule has 0 radical (unpaired) electrons. The van der Waals surface area contributed by atoms with Gasteiger partial charge in [-0.2, -0.15) is 0 Å². The smallest absolute Gasteiger partial charge is 0.00484 e. The molecule has 1 fully saturated rings. The normalized spacial score (nSPS) is 15.0. The van der Waals surface area contributed by atoms with E-state index < -0.39 is 0 Å². The van der Waals surface area contributed by atoms with Crippen molar-refractivity contribution in [1.82, 2.24) is 5.32 Å². The molecule has 86 valence electrons. The number of hydrogen-bond donors (Lipinski definition) is 1. The van der Waals surface area contributed by atoms with Crippen LogP contribution in [-0.2, 0) is 0 Å². The Hall–Kier alpha value is -0.0400. The topological polar surface area (TPSA) is 12.0 Å². The molecule has 0 bridgehead atoms. The molecule has 1 N–H and O–H groups in total. The van der Waals surface area contributed by atoms with Crippen molar-refractivity contribution in [1.29, 1.82) is 0 Å². The molecular weight excluding hydrogens is 170 g/mol. The standard InChI is InChI=1S/C9H20.C4H9N/c1-3-5-7-9-8-6-4-2;1-2-4-5-3-1/h3-9H2,1-2H3;5H,1-4H2. The predicted molar refractivity (Wildman–Crippen MR) is 65.8 cm³/mol. The molecule has 1 heteroatoms. The Labute approximate surface area is 90.7 Å². The van der Waals surface area contributed by atoms with Gasteiger partial charge in [-0.3, -0.25) is 0 Å². The molecule has 0 amide bonds. The lowest BCUT2D eigenvalue weighted by atomic mass is 10.1. The Morgan fingerprint density at radius 2 is 1.14 bits per heavy atom. The van der Waals surface area contributed by atoms with Crippen molar-refractivity contribution < 1.29 is 0 Å². The summed E-state index contributed by atoms with van der Waals surface area (Å²) in [4.78, 5) is 0. The van der Waals surface area contributed by atoms with Crippen LogP contribution in [0, 0.1) is 0 Å². The minimum absolute atomic E-state index is 1.25. The van der Waals surface area contributed by atoms with Crippen molar-refractivity contribution in [3.63, 3.8) is 0 Å². The van der Waals surface area contributed by atoms with Gasteiger partial charge in [0.05, 0.1) is 0 Å². The van der Waals surface area contributed by atoms with E-state index >= 15 is 0 Å². The molecule has 0 aromatic heterocycles. The quantitative estimate of drug-likeness (QED) is 0.634. The van der Waals surface area contributed by atoms with Crippen LogP contribution < -0.4 is 5.32 Å². The summed E-state index contributed by atoms with van der Waals surface area (Å²) in [7, 11) is 0. The third-order valence-electron chi connectivity index (χ3n) is 2.66. The zero-order chi connectivity index (χ0) is 10.5. The van der Waals surface area contributed by atoms with Crippen molar-refractivity contribution in [2.45, 2.75) is 71.6 Å². The number of nitrogens with one attached hydrogen (secondary N) is 1. The molecule has 1 nitrogen and oxygen atoms in total. The fourth-order valence-electron chi connectivity index (χ4n) is 1.66.